The number of carbonyl (C=O) groups is 2. The number of hydrogen-bond donors (Lipinski definition) is 2. The minimum atomic E-state index is -0.317. The maximum atomic E-state index is 11.9. The summed E-state index contributed by atoms with van der Waals surface area (Å²) in [5.74, 6) is 0.0326. The molecule has 1 saturated heterocycles. The highest BCUT2D eigenvalue weighted by atomic mass is 16.2. The van der Waals surface area contributed by atoms with E-state index in [1.807, 2.05) is 0 Å². The molecule has 0 aromatic carbocycles. The standard InChI is InChI=1S/C11H19N3O2/c1-8-11(16)13-6-7-14(8)10(15)4-5-12-9-2-3-9/h8-9,12H,2-7H2,1H3,(H,13,16). The Hall–Kier alpha value is -1.10. The fourth-order valence-corrected chi connectivity index (χ4v) is 1.94. The van der Waals surface area contributed by atoms with Gasteiger partial charge in [-0.15, -0.1) is 0 Å². The molecular formula is C11H19N3O2. The molecule has 0 radical (unpaired) electrons. The van der Waals surface area contributed by atoms with Crippen molar-refractivity contribution >= 4 is 11.8 Å². The number of nitrogens with one attached hydrogen (secondary N) is 2. The summed E-state index contributed by atoms with van der Waals surface area (Å²) in [7, 11) is 0. The van der Waals surface area contributed by atoms with Gasteiger partial charge in [-0.2, -0.15) is 0 Å². The van der Waals surface area contributed by atoms with E-state index in [4.69, 9.17) is 0 Å². The van der Waals surface area contributed by atoms with Gasteiger partial charge in [0.05, 0.1) is 0 Å². The topological polar surface area (TPSA) is 61.4 Å². The molecule has 1 heterocycles. The molecule has 1 unspecified atom stereocenters. The SMILES string of the molecule is CC1C(=O)NCCN1C(=O)CCNC1CC1. The first-order valence-electron chi connectivity index (χ1n) is 5.99. The van der Waals surface area contributed by atoms with E-state index in [1.54, 1.807) is 11.8 Å². The van der Waals surface area contributed by atoms with Gasteiger partial charge in [0.15, 0.2) is 0 Å². The Bertz CT molecular complexity index is 289. The predicted molar refractivity (Wildman–Crippen MR) is 59.8 cm³/mol. The Balaban J connectivity index is 1.75. The third-order valence-electron chi connectivity index (χ3n) is 3.17. The normalized spacial score (nSPS) is 25.4. The molecule has 2 amide bonds. The zero-order valence-electron chi connectivity index (χ0n) is 9.66. The molecule has 5 heteroatoms. The van der Waals surface area contributed by atoms with Crippen molar-refractivity contribution in [3.63, 3.8) is 0 Å². The molecule has 1 atom stereocenters. The van der Waals surface area contributed by atoms with Crippen molar-refractivity contribution in [1.29, 1.82) is 0 Å². The molecule has 2 aliphatic rings. The Kier molecular flexibility index (Phi) is 3.43. The lowest BCUT2D eigenvalue weighted by atomic mass is 10.2. The first-order valence-corrected chi connectivity index (χ1v) is 5.99. The Morgan fingerprint density at radius 1 is 1.56 bits per heavy atom. The fraction of sp³-hybridized carbons (Fsp3) is 0.818. The van der Waals surface area contributed by atoms with E-state index < -0.39 is 0 Å². The highest BCUT2D eigenvalue weighted by Gasteiger charge is 2.29. The van der Waals surface area contributed by atoms with Crippen molar-refractivity contribution in [2.75, 3.05) is 19.6 Å². The average molecular weight is 225 g/mol. The second kappa shape index (κ2) is 4.82. The van der Waals surface area contributed by atoms with Crippen LogP contribution in [0.3, 0.4) is 0 Å². The summed E-state index contributed by atoms with van der Waals surface area (Å²) in [5, 5.41) is 6.06. The number of piperazine rings is 1. The zero-order chi connectivity index (χ0) is 11.5. The van der Waals surface area contributed by atoms with Crippen LogP contribution in [0.15, 0.2) is 0 Å². The number of carbonyl (C=O) groups excluding carboxylic acids is 2. The molecule has 0 bridgehead atoms. The maximum Gasteiger partial charge on any atom is 0.242 e. The molecular weight excluding hydrogens is 206 g/mol. The van der Waals surface area contributed by atoms with Crippen LogP contribution in [0.4, 0.5) is 0 Å². The quantitative estimate of drug-likeness (QED) is 0.676. The van der Waals surface area contributed by atoms with Crippen LogP contribution >= 0.6 is 0 Å². The van der Waals surface area contributed by atoms with Crippen molar-refractivity contribution in [3.05, 3.63) is 0 Å². The summed E-state index contributed by atoms with van der Waals surface area (Å²) in [6.07, 6.45) is 2.96. The minimum absolute atomic E-state index is 0.0465. The number of rotatable bonds is 4. The van der Waals surface area contributed by atoms with E-state index in [9.17, 15) is 9.59 Å². The summed E-state index contributed by atoms with van der Waals surface area (Å²) >= 11 is 0. The summed E-state index contributed by atoms with van der Waals surface area (Å²) in [6, 6.07) is 0.317. The lowest BCUT2D eigenvalue weighted by molar-refractivity contribution is -0.142. The van der Waals surface area contributed by atoms with Gasteiger partial charge in [-0.3, -0.25) is 9.59 Å². The molecule has 1 aliphatic carbocycles. The number of hydrogen-bond acceptors (Lipinski definition) is 3. The van der Waals surface area contributed by atoms with E-state index in [-0.39, 0.29) is 17.9 Å². The van der Waals surface area contributed by atoms with Crippen molar-refractivity contribution in [2.24, 2.45) is 0 Å². The second-order valence-corrected chi connectivity index (χ2v) is 4.53. The second-order valence-electron chi connectivity index (χ2n) is 4.53. The molecule has 2 fully saturated rings. The third-order valence-corrected chi connectivity index (χ3v) is 3.17. The summed E-state index contributed by atoms with van der Waals surface area (Å²) in [6.45, 7) is 3.72. The summed E-state index contributed by atoms with van der Waals surface area (Å²) < 4.78 is 0. The van der Waals surface area contributed by atoms with Gasteiger partial charge in [-0.1, -0.05) is 0 Å². The highest BCUT2D eigenvalue weighted by Crippen LogP contribution is 2.18. The average Bonchev–Trinajstić information content (AvgIpc) is 3.06. The Labute approximate surface area is 95.6 Å². The van der Waals surface area contributed by atoms with E-state index in [0.29, 0.717) is 25.6 Å². The van der Waals surface area contributed by atoms with Crippen LogP contribution in [0.1, 0.15) is 26.2 Å². The third kappa shape index (κ3) is 2.72. The molecule has 0 aromatic heterocycles. The van der Waals surface area contributed by atoms with Crippen LogP contribution < -0.4 is 10.6 Å². The van der Waals surface area contributed by atoms with Crippen molar-refractivity contribution in [2.45, 2.75) is 38.3 Å². The largest absolute Gasteiger partial charge is 0.353 e. The highest BCUT2D eigenvalue weighted by molar-refractivity contribution is 5.88. The van der Waals surface area contributed by atoms with E-state index in [1.165, 1.54) is 12.8 Å². The smallest absolute Gasteiger partial charge is 0.242 e. The van der Waals surface area contributed by atoms with Crippen LogP contribution in [-0.2, 0) is 9.59 Å². The van der Waals surface area contributed by atoms with Crippen LogP contribution in [-0.4, -0.2) is 48.4 Å². The van der Waals surface area contributed by atoms with Gasteiger partial charge in [0.2, 0.25) is 11.8 Å². The first kappa shape index (κ1) is 11.4. The Morgan fingerprint density at radius 3 is 3.00 bits per heavy atom. The van der Waals surface area contributed by atoms with E-state index in [2.05, 4.69) is 10.6 Å². The zero-order valence-corrected chi connectivity index (χ0v) is 9.66. The van der Waals surface area contributed by atoms with Crippen LogP contribution in [0.2, 0.25) is 0 Å². The number of amides is 2. The lowest BCUT2D eigenvalue weighted by Crippen LogP contribution is -2.56. The number of nitrogens with zero attached hydrogens (tertiary/aromatic N) is 1. The van der Waals surface area contributed by atoms with Crippen LogP contribution in [0.25, 0.3) is 0 Å². The molecule has 2 N–H and O–H groups in total. The van der Waals surface area contributed by atoms with Crippen molar-refractivity contribution in [1.82, 2.24) is 15.5 Å². The van der Waals surface area contributed by atoms with Gasteiger partial charge in [0.1, 0.15) is 6.04 Å². The van der Waals surface area contributed by atoms with Gasteiger partial charge < -0.3 is 15.5 Å². The Morgan fingerprint density at radius 2 is 2.31 bits per heavy atom. The molecule has 2 rings (SSSR count). The van der Waals surface area contributed by atoms with Crippen LogP contribution in [0.5, 0.6) is 0 Å². The lowest BCUT2D eigenvalue weighted by Gasteiger charge is -2.32. The molecule has 1 saturated carbocycles. The monoisotopic (exact) mass is 225 g/mol. The van der Waals surface area contributed by atoms with Gasteiger partial charge in [0.25, 0.3) is 0 Å². The van der Waals surface area contributed by atoms with Crippen LogP contribution in [0, 0.1) is 0 Å². The fourth-order valence-electron chi connectivity index (χ4n) is 1.94. The summed E-state index contributed by atoms with van der Waals surface area (Å²) in [4.78, 5) is 24.9. The summed E-state index contributed by atoms with van der Waals surface area (Å²) in [5.41, 5.74) is 0. The van der Waals surface area contributed by atoms with Gasteiger partial charge in [0, 0.05) is 32.1 Å². The molecule has 5 nitrogen and oxygen atoms in total. The van der Waals surface area contributed by atoms with Gasteiger partial charge in [-0.25, -0.2) is 0 Å². The molecule has 0 spiro atoms. The van der Waals surface area contributed by atoms with E-state index in [0.717, 1.165) is 6.54 Å². The predicted octanol–water partition coefficient (Wildman–Crippen LogP) is -0.525. The van der Waals surface area contributed by atoms with Crippen molar-refractivity contribution in [3.8, 4) is 0 Å². The molecule has 16 heavy (non-hydrogen) atoms. The van der Waals surface area contributed by atoms with Gasteiger partial charge >= 0.3 is 0 Å². The first-order chi connectivity index (χ1) is 7.68. The molecule has 0 aromatic rings. The van der Waals surface area contributed by atoms with Crippen molar-refractivity contribution < 1.29 is 9.59 Å². The molecule has 1 aliphatic heterocycles. The van der Waals surface area contributed by atoms with Gasteiger partial charge in [-0.05, 0) is 19.8 Å². The molecule has 90 valence electrons. The van der Waals surface area contributed by atoms with E-state index >= 15 is 0 Å². The maximum absolute atomic E-state index is 11.9. The minimum Gasteiger partial charge on any atom is -0.353 e.